The van der Waals surface area contributed by atoms with Gasteiger partial charge in [-0.15, -0.1) is 5.10 Å². The van der Waals surface area contributed by atoms with Crippen LogP contribution in [0.3, 0.4) is 0 Å². The Morgan fingerprint density at radius 2 is 1.85 bits per heavy atom. The average molecular weight is 342 g/mol. The molecule has 0 radical (unpaired) electrons. The molecule has 3 N–H and O–H groups in total. The minimum absolute atomic E-state index is 0.380. The van der Waals surface area contributed by atoms with E-state index in [9.17, 15) is 0 Å². The molecule has 3 aromatic heterocycles. The topological polar surface area (TPSA) is 94.3 Å². The Kier molecular flexibility index (Phi) is 3.11. The van der Waals surface area contributed by atoms with Crippen molar-refractivity contribution >= 4 is 34.1 Å². The summed E-state index contributed by atoms with van der Waals surface area (Å²) in [6.07, 6.45) is 0. The molecule has 0 aliphatic rings. The molecule has 7 heteroatoms. The fourth-order valence-corrected chi connectivity index (χ4v) is 2.95. The minimum Gasteiger partial charge on any atom is -0.380 e. The van der Waals surface area contributed by atoms with Crippen molar-refractivity contribution in [3.63, 3.8) is 0 Å². The van der Waals surface area contributed by atoms with Crippen LogP contribution in [-0.4, -0.2) is 19.8 Å². The predicted molar refractivity (Wildman–Crippen MR) is 100 cm³/mol. The van der Waals surface area contributed by atoms with Crippen LogP contribution in [0, 0.1) is 0 Å². The van der Waals surface area contributed by atoms with Crippen LogP contribution >= 0.6 is 0 Å². The molecule has 5 aromatic rings. The van der Waals surface area contributed by atoms with Crippen molar-refractivity contribution in [3.8, 4) is 11.3 Å². The zero-order valence-electron chi connectivity index (χ0n) is 13.6. The summed E-state index contributed by atoms with van der Waals surface area (Å²) in [5.41, 5.74) is 9.97. The van der Waals surface area contributed by atoms with Gasteiger partial charge in [-0.05, 0) is 24.3 Å². The Labute approximate surface area is 148 Å². The highest BCUT2D eigenvalue weighted by molar-refractivity contribution is 5.89. The van der Waals surface area contributed by atoms with Crippen molar-refractivity contribution in [2.75, 3.05) is 11.1 Å². The van der Waals surface area contributed by atoms with Crippen LogP contribution in [0.2, 0.25) is 0 Å². The van der Waals surface area contributed by atoms with Crippen LogP contribution < -0.4 is 11.1 Å². The van der Waals surface area contributed by atoms with E-state index in [2.05, 4.69) is 20.6 Å². The molecular weight excluding hydrogens is 328 g/mol. The number of nitrogens with zero attached hydrogens (tertiary/aromatic N) is 4. The van der Waals surface area contributed by atoms with E-state index in [-0.39, 0.29) is 0 Å². The summed E-state index contributed by atoms with van der Waals surface area (Å²) in [5.74, 6) is 0.880. The maximum atomic E-state index is 5.75. The van der Waals surface area contributed by atoms with Crippen molar-refractivity contribution in [1.29, 1.82) is 0 Å². The summed E-state index contributed by atoms with van der Waals surface area (Å²) in [4.78, 5) is 4.55. The van der Waals surface area contributed by atoms with Gasteiger partial charge in [0.05, 0.1) is 11.1 Å². The number of pyridine rings is 1. The normalized spacial score (nSPS) is 11.2. The molecule has 26 heavy (non-hydrogen) atoms. The number of nitrogen functional groups attached to an aromatic ring is 1. The van der Waals surface area contributed by atoms with Gasteiger partial charge in [-0.25, -0.2) is 4.52 Å². The standard InChI is InChI=1S/C19H14N6O/c20-18-14-10-9-13(11-16(14)26-24-18)21-19-22-17-8-4-7-15(25(17)23-19)12-5-2-1-3-6-12/h1-11H,(H2,20,24)(H,21,23). The summed E-state index contributed by atoms with van der Waals surface area (Å²) < 4.78 is 7.02. The van der Waals surface area contributed by atoms with Gasteiger partial charge in [-0.3, -0.25) is 0 Å². The first-order valence-electron chi connectivity index (χ1n) is 8.11. The smallest absolute Gasteiger partial charge is 0.247 e. The molecular formula is C19H14N6O. The number of rotatable bonds is 3. The fourth-order valence-electron chi connectivity index (χ4n) is 2.95. The van der Waals surface area contributed by atoms with Crippen LogP contribution in [0.1, 0.15) is 0 Å². The molecule has 126 valence electrons. The second-order valence-corrected chi connectivity index (χ2v) is 5.89. The van der Waals surface area contributed by atoms with Crippen LogP contribution in [0.4, 0.5) is 17.5 Å². The number of anilines is 3. The molecule has 2 aromatic carbocycles. The van der Waals surface area contributed by atoms with E-state index >= 15 is 0 Å². The summed E-state index contributed by atoms with van der Waals surface area (Å²) in [6, 6.07) is 21.6. The summed E-state index contributed by atoms with van der Waals surface area (Å²) in [5, 5.41) is 12.3. The molecule has 7 nitrogen and oxygen atoms in total. The van der Waals surface area contributed by atoms with Gasteiger partial charge < -0.3 is 15.6 Å². The van der Waals surface area contributed by atoms with Gasteiger partial charge in [-0.2, -0.15) is 4.98 Å². The Bertz CT molecular complexity index is 1220. The Hall–Kier alpha value is -3.87. The lowest BCUT2D eigenvalue weighted by atomic mass is 10.1. The Morgan fingerprint density at radius 3 is 2.73 bits per heavy atom. The molecule has 5 rings (SSSR count). The molecule has 0 bridgehead atoms. The third-order valence-electron chi connectivity index (χ3n) is 4.19. The molecule has 0 aliphatic carbocycles. The third-order valence-corrected chi connectivity index (χ3v) is 4.19. The van der Waals surface area contributed by atoms with Crippen LogP contribution in [0.5, 0.6) is 0 Å². The van der Waals surface area contributed by atoms with E-state index in [1.807, 2.05) is 71.2 Å². The number of aromatic nitrogens is 4. The average Bonchev–Trinajstić information content (AvgIpc) is 3.25. The molecule has 0 spiro atoms. The summed E-state index contributed by atoms with van der Waals surface area (Å²) >= 11 is 0. The fraction of sp³-hybridized carbons (Fsp3) is 0. The number of fused-ring (bicyclic) bond motifs is 2. The van der Waals surface area contributed by atoms with Gasteiger partial charge in [-0.1, -0.05) is 41.6 Å². The molecule has 0 saturated carbocycles. The first-order valence-corrected chi connectivity index (χ1v) is 8.11. The number of nitrogens with two attached hydrogens (primary N) is 1. The van der Waals surface area contributed by atoms with Gasteiger partial charge in [0.15, 0.2) is 17.0 Å². The van der Waals surface area contributed by atoms with E-state index in [0.717, 1.165) is 28.0 Å². The van der Waals surface area contributed by atoms with Gasteiger partial charge >= 0.3 is 0 Å². The predicted octanol–water partition coefficient (Wildman–Crippen LogP) is 3.86. The van der Waals surface area contributed by atoms with Crippen molar-refractivity contribution in [2.45, 2.75) is 0 Å². The summed E-state index contributed by atoms with van der Waals surface area (Å²) in [6.45, 7) is 0. The van der Waals surface area contributed by atoms with Crippen LogP contribution in [0.15, 0.2) is 71.3 Å². The van der Waals surface area contributed by atoms with E-state index in [0.29, 0.717) is 17.3 Å². The van der Waals surface area contributed by atoms with E-state index < -0.39 is 0 Å². The highest BCUT2D eigenvalue weighted by Crippen LogP contribution is 2.26. The highest BCUT2D eigenvalue weighted by Gasteiger charge is 2.10. The minimum atomic E-state index is 0.380. The molecule has 0 unspecified atom stereocenters. The molecule has 0 amide bonds. The zero-order valence-corrected chi connectivity index (χ0v) is 13.6. The van der Waals surface area contributed by atoms with Crippen molar-refractivity contribution in [3.05, 3.63) is 66.7 Å². The first kappa shape index (κ1) is 14.5. The number of hydrogen-bond donors (Lipinski definition) is 2. The van der Waals surface area contributed by atoms with Crippen LogP contribution in [0.25, 0.3) is 27.9 Å². The largest absolute Gasteiger partial charge is 0.380 e. The second kappa shape index (κ2) is 5.59. The Morgan fingerprint density at radius 1 is 0.962 bits per heavy atom. The maximum Gasteiger partial charge on any atom is 0.247 e. The number of hydrogen-bond acceptors (Lipinski definition) is 6. The van der Waals surface area contributed by atoms with Crippen molar-refractivity contribution in [1.82, 2.24) is 19.8 Å². The van der Waals surface area contributed by atoms with Crippen molar-refractivity contribution < 1.29 is 4.52 Å². The molecule has 3 heterocycles. The molecule has 0 atom stereocenters. The summed E-state index contributed by atoms with van der Waals surface area (Å²) in [7, 11) is 0. The van der Waals surface area contributed by atoms with Crippen molar-refractivity contribution in [2.24, 2.45) is 0 Å². The maximum absolute atomic E-state index is 5.75. The third kappa shape index (κ3) is 2.34. The van der Waals surface area contributed by atoms with Crippen LogP contribution in [-0.2, 0) is 0 Å². The monoisotopic (exact) mass is 342 g/mol. The van der Waals surface area contributed by atoms with E-state index in [1.54, 1.807) is 0 Å². The SMILES string of the molecule is Nc1noc2cc(Nc3nc4cccc(-c5ccccc5)n4n3)ccc12. The van der Waals surface area contributed by atoms with Gasteiger partial charge in [0.1, 0.15) is 0 Å². The zero-order chi connectivity index (χ0) is 17.5. The molecule has 0 saturated heterocycles. The lowest BCUT2D eigenvalue weighted by Gasteiger charge is -2.03. The second-order valence-electron chi connectivity index (χ2n) is 5.89. The molecule has 0 fully saturated rings. The van der Waals surface area contributed by atoms with E-state index in [1.165, 1.54) is 0 Å². The highest BCUT2D eigenvalue weighted by atomic mass is 16.5. The lowest BCUT2D eigenvalue weighted by Crippen LogP contribution is -1.95. The van der Waals surface area contributed by atoms with Gasteiger partial charge in [0.25, 0.3) is 0 Å². The number of benzene rings is 2. The quantitative estimate of drug-likeness (QED) is 0.517. The van der Waals surface area contributed by atoms with Gasteiger partial charge in [0, 0.05) is 17.3 Å². The molecule has 0 aliphatic heterocycles. The number of nitrogens with one attached hydrogen (secondary N) is 1. The Balaban J connectivity index is 1.55. The lowest BCUT2D eigenvalue weighted by molar-refractivity contribution is 0.460. The van der Waals surface area contributed by atoms with E-state index in [4.69, 9.17) is 10.3 Å². The van der Waals surface area contributed by atoms with Gasteiger partial charge in [0.2, 0.25) is 5.95 Å². The first-order chi connectivity index (χ1) is 12.8.